The Kier molecular flexibility index (Phi) is 7.56. The summed E-state index contributed by atoms with van der Waals surface area (Å²) in [6.07, 6.45) is -4.37. The zero-order valence-electron chi connectivity index (χ0n) is 11.7. The first kappa shape index (κ1) is 20.1. The average molecular weight is 343 g/mol. The standard InChI is InChI=1S/C13H17F3N2OS.ClH/c1-12(2,8-17)18-11(19)7-20-10-5-3-4-9(6-10)13(14,15)16;/h3-6H,7-8,17H2,1-2H3,(H,18,19);1H. The lowest BCUT2D eigenvalue weighted by Gasteiger charge is -2.24. The minimum Gasteiger partial charge on any atom is -0.349 e. The van der Waals surface area contributed by atoms with E-state index in [2.05, 4.69) is 5.32 Å². The van der Waals surface area contributed by atoms with Crippen LogP contribution in [0.5, 0.6) is 0 Å². The van der Waals surface area contributed by atoms with Crippen molar-refractivity contribution in [1.29, 1.82) is 0 Å². The molecule has 0 aliphatic carbocycles. The molecule has 0 aromatic heterocycles. The number of nitrogens with one attached hydrogen (secondary N) is 1. The molecule has 3 nitrogen and oxygen atoms in total. The molecule has 0 aliphatic rings. The van der Waals surface area contributed by atoms with Crippen LogP contribution in [0.1, 0.15) is 19.4 Å². The van der Waals surface area contributed by atoms with Crippen molar-refractivity contribution in [2.45, 2.75) is 30.5 Å². The lowest BCUT2D eigenvalue weighted by molar-refractivity contribution is -0.137. The van der Waals surface area contributed by atoms with Crippen LogP contribution >= 0.6 is 24.2 Å². The Morgan fingerprint density at radius 1 is 1.33 bits per heavy atom. The third kappa shape index (κ3) is 7.06. The first-order chi connectivity index (χ1) is 9.14. The van der Waals surface area contributed by atoms with Crippen LogP contribution < -0.4 is 11.1 Å². The highest BCUT2D eigenvalue weighted by atomic mass is 35.5. The summed E-state index contributed by atoms with van der Waals surface area (Å²) >= 11 is 1.06. The van der Waals surface area contributed by atoms with Gasteiger partial charge in [0.1, 0.15) is 0 Å². The molecule has 0 saturated carbocycles. The van der Waals surface area contributed by atoms with E-state index in [0.717, 1.165) is 23.9 Å². The van der Waals surface area contributed by atoms with Gasteiger partial charge in [0.05, 0.1) is 11.3 Å². The van der Waals surface area contributed by atoms with Crippen LogP contribution in [0, 0.1) is 0 Å². The van der Waals surface area contributed by atoms with Crippen molar-refractivity contribution in [2.75, 3.05) is 12.3 Å². The normalized spacial score (nSPS) is 11.7. The second-order valence-corrected chi connectivity index (χ2v) is 6.00. The Hall–Kier alpha value is -0.920. The van der Waals surface area contributed by atoms with Gasteiger partial charge in [-0.3, -0.25) is 4.79 Å². The fourth-order valence-electron chi connectivity index (χ4n) is 1.38. The van der Waals surface area contributed by atoms with Crippen LogP contribution in [0.25, 0.3) is 0 Å². The third-order valence-corrected chi connectivity index (χ3v) is 3.51. The minimum absolute atomic E-state index is 0. The molecule has 0 saturated heterocycles. The molecule has 0 bridgehead atoms. The lowest BCUT2D eigenvalue weighted by Crippen LogP contribution is -2.49. The van der Waals surface area contributed by atoms with Crippen molar-refractivity contribution < 1.29 is 18.0 Å². The zero-order chi connectivity index (χ0) is 15.4. The Bertz CT molecular complexity index is 481. The van der Waals surface area contributed by atoms with Gasteiger partial charge < -0.3 is 11.1 Å². The summed E-state index contributed by atoms with van der Waals surface area (Å²) in [5, 5.41) is 2.71. The molecular formula is C13H18ClF3N2OS. The summed E-state index contributed by atoms with van der Waals surface area (Å²) in [5.41, 5.74) is 4.24. The van der Waals surface area contributed by atoms with Crippen molar-refractivity contribution in [1.82, 2.24) is 5.32 Å². The molecule has 1 aromatic carbocycles. The van der Waals surface area contributed by atoms with E-state index in [1.54, 1.807) is 19.9 Å². The van der Waals surface area contributed by atoms with E-state index >= 15 is 0 Å². The average Bonchev–Trinajstić information content (AvgIpc) is 2.35. The van der Waals surface area contributed by atoms with Gasteiger partial charge in [-0.2, -0.15) is 13.2 Å². The maximum absolute atomic E-state index is 12.5. The van der Waals surface area contributed by atoms with Gasteiger partial charge >= 0.3 is 6.18 Å². The minimum atomic E-state index is -4.37. The molecule has 8 heteroatoms. The number of amides is 1. The first-order valence-corrected chi connectivity index (χ1v) is 6.94. The van der Waals surface area contributed by atoms with Gasteiger partial charge in [0.15, 0.2) is 0 Å². The van der Waals surface area contributed by atoms with Gasteiger partial charge in [0.25, 0.3) is 0 Å². The molecule has 0 heterocycles. The van der Waals surface area contributed by atoms with Crippen molar-refractivity contribution in [2.24, 2.45) is 5.73 Å². The van der Waals surface area contributed by atoms with Crippen LogP contribution in [0.3, 0.4) is 0 Å². The molecule has 3 N–H and O–H groups in total. The summed E-state index contributed by atoms with van der Waals surface area (Å²) < 4.78 is 37.6. The van der Waals surface area contributed by atoms with Crippen molar-refractivity contribution in [3.05, 3.63) is 29.8 Å². The smallest absolute Gasteiger partial charge is 0.349 e. The van der Waals surface area contributed by atoms with Crippen molar-refractivity contribution in [3.63, 3.8) is 0 Å². The maximum Gasteiger partial charge on any atom is 0.416 e. The molecule has 0 aliphatic heterocycles. The van der Waals surface area contributed by atoms with Crippen molar-refractivity contribution in [3.8, 4) is 0 Å². The summed E-state index contributed by atoms with van der Waals surface area (Å²) in [6.45, 7) is 3.84. The summed E-state index contributed by atoms with van der Waals surface area (Å²) in [7, 11) is 0. The molecule has 0 atom stereocenters. The third-order valence-electron chi connectivity index (χ3n) is 2.52. The van der Waals surface area contributed by atoms with E-state index in [1.807, 2.05) is 0 Å². The number of hydrogen-bond donors (Lipinski definition) is 2. The number of nitrogens with two attached hydrogens (primary N) is 1. The number of rotatable bonds is 5. The Morgan fingerprint density at radius 3 is 2.48 bits per heavy atom. The fraction of sp³-hybridized carbons (Fsp3) is 0.462. The van der Waals surface area contributed by atoms with E-state index in [0.29, 0.717) is 4.90 Å². The fourth-order valence-corrected chi connectivity index (χ4v) is 2.13. The highest BCUT2D eigenvalue weighted by Crippen LogP contribution is 2.31. The highest BCUT2D eigenvalue weighted by molar-refractivity contribution is 8.00. The zero-order valence-corrected chi connectivity index (χ0v) is 13.3. The van der Waals surface area contributed by atoms with Crippen molar-refractivity contribution >= 4 is 30.1 Å². The predicted octanol–water partition coefficient (Wildman–Crippen LogP) is 3.07. The molecule has 0 unspecified atom stereocenters. The van der Waals surface area contributed by atoms with Gasteiger partial charge in [0, 0.05) is 17.0 Å². The number of halogens is 4. The van der Waals surface area contributed by atoms with E-state index < -0.39 is 17.3 Å². The molecule has 1 amide bonds. The van der Waals surface area contributed by atoms with E-state index in [1.165, 1.54) is 6.07 Å². The Balaban J connectivity index is 0.00000400. The van der Waals surface area contributed by atoms with E-state index in [4.69, 9.17) is 5.73 Å². The molecular weight excluding hydrogens is 325 g/mol. The first-order valence-electron chi connectivity index (χ1n) is 5.95. The summed E-state index contributed by atoms with van der Waals surface area (Å²) in [6, 6.07) is 4.90. The van der Waals surface area contributed by atoms with Crippen LogP contribution in [-0.4, -0.2) is 23.7 Å². The molecule has 0 radical (unpaired) electrons. The number of hydrogen-bond acceptors (Lipinski definition) is 3. The van der Waals surface area contributed by atoms with Crippen LogP contribution in [-0.2, 0) is 11.0 Å². The summed E-state index contributed by atoms with van der Waals surface area (Å²) in [4.78, 5) is 12.1. The van der Waals surface area contributed by atoms with Gasteiger partial charge in [-0.05, 0) is 32.0 Å². The largest absolute Gasteiger partial charge is 0.416 e. The molecule has 21 heavy (non-hydrogen) atoms. The van der Waals surface area contributed by atoms with Gasteiger partial charge in [-0.25, -0.2) is 0 Å². The quantitative estimate of drug-likeness (QED) is 0.809. The highest BCUT2D eigenvalue weighted by Gasteiger charge is 2.30. The number of carbonyl (C=O) groups excluding carboxylic acids is 1. The van der Waals surface area contributed by atoms with Gasteiger partial charge in [-0.15, -0.1) is 24.2 Å². The molecule has 0 fully saturated rings. The van der Waals surface area contributed by atoms with E-state index in [9.17, 15) is 18.0 Å². The molecule has 1 rings (SSSR count). The Labute approximate surface area is 132 Å². The second-order valence-electron chi connectivity index (χ2n) is 4.95. The Morgan fingerprint density at radius 2 is 1.95 bits per heavy atom. The molecule has 0 spiro atoms. The van der Waals surface area contributed by atoms with Gasteiger partial charge in [0.2, 0.25) is 5.91 Å². The monoisotopic (exact) mass is 342 g/mol. The number of alkyl halides is 3. The van der Waals surface area contributed by atoms with Crippen LogP contribution in [0.15, 0.2) is 29.2 Å². The number of benzene rings is 1. The number of carbonyl (C=O) groups is 1. The topological polar surface area (TPSA) is 55.1 Å². The van der Waals surface area contributed by atoms with Gasteiger partial charge in [-0.1, -0.05) is 6.07 Å². The van der Waals surface area contributed by atoms with E-state index in [-0.39, 0.29) is 30.6 Å². The lowest BCUT2D eigenvalue weighted by atomic mass is 10.1. The van der Waals surface area contributed by atoms with Crippen LogP contribution in [0.4, 0.5) is 13.2 Å². The SMILES string of the molecule is CC(C)(CN)NC(=O)CSc1cccc(C(F)(F)F)c1.Cl. The molecule has 1 aromatic rings. The second kappa shape index (κ2) is 7.91. The molecule has 120 valence electrons. The maximum atomic E-state index is 12.5. The van der Waals surface area contributed by atoms with Crippen LogP contribution in [0.2, 0.25) is 0 Å². The predicted molar refractivity (Wildman–Crippen MR) is 80.7 cm³/mol. The summed E-state index contributed by atoms with van der Waals surface area (Å²) in [5.74, 6) is -0.215. The number of thioether (sulfide) groups is 1.